The lowest BCUT2D eigenvalue weighted by Crippen LogP contribution is -1.93. The van der Waals surface area contributed by atoms with Crippen LogP contribution in [-0.2, 0) is 0 Å². The van der Waals surface area contributed by atoms with Gasteiger partial charge in [0.05, 0.1) is 28.3 Å². The summed E-state index contributed by atoms with van der Waals surface area (Å²) in [6.07, 6.45) is 8.09. The molecule has 0 spiro atoms. The van der Waals surface area contributed by atoms with Gasteiger partial charge in [0.2, 0.25) is 0 Å². The van der Waals surface area contributed by atoms with Crippen LogP contribution in [0.5, 0.6) is 0 Å². The average molecular weight is 432 g/mol. The van der Waals surface area contributed by atoms with Crippen LogP contribution in [0.25, 0.3) is 46.4 Å². The summed E-state index contributed by atoms with van der Waals surface area (Å²) in [6.45, 7) is 0. The zero-order valence-corrected chi connectivity index (χ0v) is 17.6. The van der Waals surface area contributed by atoms with E-state index in [-0.39, 0.29) is 0 Å². The van der Waals surface area contributed by atoms with Crippen molar-refractivity contribution in [3.05, 3.63) is 107 Å². The molecule has 4 aromatic rings. The second-order valence-corrected chi connectivity index (χ2v) is 7.58. The first kappa shape index (κ1) is 20.2. The molecule has 6 rings (SSSR count). The summed E-state index contributed by atoms with van der Waals surface area (Å²) in [5.41, 5.74) is 8.19. The van der Waals surface area contributed by atoms with Crippen molar-refractivity contribution >= 4 is 52.3 Å². The molecule has 3 N–H and O–H groups in total. The Morgan fingerprint density at radius 2 is 0.939 bits per heavy atom. The number of carboxylic acid groups (broad SMARTS) is 1. The normalized spacial score (nSPS) is 11.6. The van der Waals surface area contributed by atoms with Gasteiger partial charge in [0.25, 0.3) is 0 Å². The van der Waals surface area contributed by atoms with E-state index in [1.807, 2.05) is 48.6 Å². The standard InChI is InChI=1S/C20H14N4.C7H6O2/c1-2-14-10-16-5-6-18(23-16)12-20-8-7-19(24-20)11-17-4-3-15(22-17)9-13(1)21-14;8-7(9)6-4-2-1-3-5-6/h1-12,21,24H;1-5H,(H,8,9). The number of benzene rings is 1. The number of fused-ring (bicyclic) bond motifs is 8. The molecule has 6 heteroatoms. The van der Waals surface area contributed by atoms with Gasteiger partial charge in [-0.3, -0.25) is 0 Å². The fraction of sp³-hybridized carbons (Fsp3) is 0. The lowest BCUT2D eigenvalue weighted by atomic mass is 10.2. The van der Waals surface area contributed by atoms with Gasteiger partial charge < -0.3 is 15.1 Å². The molecule has 160 valence electrons. The highest BCUT2D eigenvalue weighted by Crippen LogP contribution is 2.16. The highest BCUT2D eigenvalue weighted by molar-refractivity contribution is 5.87. The van der Waals surface area contributed by atoms with Crippen LogP contribution in [0.15, 0.2) is 78.9 Å². The van der Waals surface area contributed by atoms with E-state index in [9.17, 15) is 4.79 Å². The lowest BCUT2D eigenvalue weighted by Gasteiger charge is -1.88. The Morgan fingerprint density at radius 3 is 1.24 bits per heavy atom. The molecule has 5 heterocycles. The van der Waals surface area contributed by atoms with Crippen LogP contribution < -0.4 is 0 Å². The molecule has 0 atom stereocenters. The Bertz CT molecular complexity index is 1370. The van der Waals surface area contributed by atoms with Crippen molar-refractivity contribution in [2.45, 2.75) is 0 Å². The van der Waals surface area contributed by atoms with Gasteiger partial charge in [0.1, 0.15) is 0 Å². The summed E-state index contributed by atoms with van der Waals surface area (Å²) in [5.74, 6) is -0.879. The average Bonchev–Trinajstić information content (AvgIpc) is 3.61. The first-order valence-electron chi connectivity index (χ1n) is 10.4. The zero-order chi connectivity index (χ0) is 22.6. The molecular weight excluding hydrogens is 412 g/mol. The van der Waals surface area contributed by atoms with Crippen LogP contribution in [0.4, 0.5) is 0 Å². The third-order valence-corrected chi connectivity index (χ3v) is 5.06. The van der Waals surface area contributed by atoms with Gasteiger partial charge in [-0.1, -0.05) is 18.2 Å². The van der Waals surface area contributed by atoms with E-state index in [1.165, 1.54) is 0 Å². The first-order chi connectivity index (χ1) is 16.1. The summed E-state index contributed by atoms with van der Waals surface area (Å²) in [5, 5.41) is 8.38. The van der Waals surface area contributed by atoms with Gasteiger partial charge in [0, 0.05) is 22.1 Å². The minimum atomic E-state index is -0.879. The Kier molecular flexibility index (Phi) is 5.39. The second kappa shape index (κ2) is 8.80. The van der Waals surface area contributed by atoms with Crippen molar-refractivity contribution in [2.24, 2.45) is 0 Å². The van der Waals surface area contributed by atoms with E-state index in [4.69, 9.17) is 5.11 Å². The Balaban J connectivity index is 0.000000215. The number of hydrogen-bond donors (Lipinski definition) is 3. The topological polar surface area (TPSA) is 94.7 Å². The van der Waals surface area contributed by atoms with E-state index in [0.29, 0.717) is 5.56 Å². The Hall–Kier alpha value is -4.71. The molecular formula is C27H20N4O2. The zero-order valence-electron chi connectivity index (χ0n) is 17.6. The van der Waals surface area contributed by atoms with Gasteiger partial charge in [-0.15, -0.1) is 0 Å². The van der Waals surface area contributed by atoms with Gasteiger partial charge in [-0.05, 0) is 85.0 Å². The summed E-state index contributed by atoms with van der Waals surface area (Å²) in [7, 11) is 0. The monoisotopic (exact) mass is 432 g/mol. The summed E-state index contributed by atoms with van der Waals surface area (Å²) in [6, 6.07) is 24.7. The van der Waals surface area contributed by atoms with E-state index in [1.54, 1.807) is 30.3 Å². The van der Waals surface area contributed by atoms with Crippen LogP contribution in [0.1, 0.15) is 33.1 Å². The third-order valence-electron chi connectivity index (χ3n) is 5.06. The summed E-state index contributed by atoms with van der Waals surface area (Å²) >= 11 is 0. The van der Waals surface area contributed by atoms with E-state index >= 15 is 0 Å². The minimum absolute atomic E-state index is 0.331. The van der Waals surface area contributed by atoms with Gasteiger partial charge in [0.15, 0.2) is 0 Å². The molecule has 0 aliphatic carbocycles. The lowest BCUT2D eigenvalue weighted by molar-refractivity contribution is 0.0697. The molecule has 3 aromatic heterocycles. The van der Waals surface area contributed by atoms with Crippen molar-refractivity contribution in [3.8, 4) is 0 Å². The largest absolute Gasteiger partial charge is 0.478 e. The highest BCUT2D eigenvalue weighted by atomic mass is 16.4. The predicted molar refractivity (Wildman–Crippen MR) is 132 cm³/mol. The number of aromatic amines is 2. The predicted octanol–water partition coefficient (Wildman–Crippen LogP) is 6.04. The Morgan fingerprint density at radius 1 is 0.576 bits per heavy atom. The van der Waals surface area contributed by atoms with E-state index in [0.717, 1.165) is 44.8 Å². The number of carbonyl (C=O) groups is 1. The summed E-state index contributed by atoms with van der Waals surface area (Å²) < 4.78 is 0. The molecule has 2 aliphatic rings. The number of aromatic carboxylic acids is 1. The van der Waals surface area contributed by atoms with Crippen molar-refractivity contribution in [1.29, 1.82) is 0 Å². The fourth-order valence-corrected chi connectivity index (χ4v) is 3.52. The maximum Gasteiger partial charge on any atom is 0.335 e. The second-order valence-electron chi connectivity index (χ2n) is 7.58. The first-order valence-corrected chi connectivity index (χ1v) is 10.4. The number of hydrogen-bond acceptors (Lipinski definition) is 3. The molecule has 0 radical (unpaired) electrons. The van der Waals surface area contributed by atoms with Gasteiger partial charge >= 0.3 is 5.97 Å². The number of carboxylic acids is 1. The van der Waals surface area contributed by atoms with E-state index < -0.39 is 5.97 Å². The fourth-order valence-electron chi connectivity index (χ4n) is 3.52. The molecule has 0 amide bonds. The quantitative estimate of drug-likeness (QED) is 0.295. The number of aromatic nitrogens is 4. The SMILES string of the molecule is C1=Cc2cc3ccc(cc4nc(cc5ccc(cc1n2)[nH]5)C=C4)[nH]3.O=C(O)c1ccccc1. The highest BCUT2D eigenvalue weighted by Gasteiger charge is 2.01. The number of rotatable bonds is 1. The van der Waals surface area contributed by atoms with Crippen LogP contribution in [0, 0.1) is 0 Å². The maximum atomic E-state index is 10.2. The van der Waals surface area contributed by atoms with Crippen molar-refractivity contribution in [2.75, 3.05) is 0 Å². The molecule has 8 bridgehead atoms. The molecule has 0 saturated carbocycles. The molecule has 0 fully saturated rings. The van der Waals surface area contributed by atoms with Crippen LogP contribution in [0.3, 0.4) is 0 Å². The minimum Gasteiger partial charge on any atom is -0.478 e. The van der Waals surface area contributed by atoms with Gasteiger partial charge in [-0.25, -0.2) is 14.8 Å². The van der Waals surface area contributed by atoms with Crippen LogP contribution >= 0.6 is 0 Å². The maximum absolute atomic E-state index is 10.2. The van der Waals surface area contributed by atoms with Crippen LogP contribution in [0.2, 0.25) is 0 Å². The van der Waals surface area contributed by atoms with Crippen molar-refractivity contribution in [1.82, 2.24) is 19.9 Å². The molecule has 6 nitrogen and oxygen atoms in total. The molecule has 1 aromatic carbocycles. The van der Waals surface area contributed by atoms with Gasteiger partial charge in [-0.2, -0.15) is 0 Å². The van der Waals surface area contributed by atoms with Crippen molar-refractivity contribution < 1.29 is 9.90 Å². The van der Waals surface area contributed by atoms with Crippen molar-refractivity contribution in [3.63, 3.8) is 0 Å². The van der Waals surface area contributed by atoms with Crippen LogP contribution in [-0.4, -0.2) is 31.0 Å². The Labute approximate surface area is 189 Å². The van der Waals surface area contributed by atoms with E-state index in [2.05, 4.69) is 44.2 Å². The smallest absolute Gasteiger partial charge is 0.335 e. The molecule has 2 aliphatic heterocycles. The number of nitrogens with zero attached hydrogens (tertiary/aromatic N) is 2. The molecule has 0 unspecified atom stereocenters. The third kappa shape index (κ3) is 4.97. The molecule has 33 heavy (non-hydrogen) atoms. The number of nitrogens with one attached hydrogen (secondary N) is 2. The number of H-pyrrole nitrogens is 2. The molecule has 0 saturated heterocycles. The summed E-state index contributed by atoms with van der Waals surface area (Å²) in [4.78, 5) is 26.2.